The molecule has 0 radical (unpaired) electrons. The van der Waals surface area contributed by atoms with Gasteiger partial charge in [0.1, 0.15) is 0 Å². The van der Waals surface area contributed by atoms with Crippen LogP contribution in [0.25, 0.3) is 0 Å². The second kappa shape index (κ2) is 7.22. The van der Waals surface area contributed by atoms with Gasteiger partial charge in [0.2, 0.25) is 0 Å². The zero-order valence-electron chi connectivity index (χ0n) is 11.0. The second-order valence-corrected chi connectivity index (χ2v) is 6.03. The SMILES string of the molecule is CCOC(C(O)Cc1cncs1)C1CCCCC1. The molecule has 1 fully saturated rings. The molecule has 1 aliphatic rings. The Balaban J connectivity index is 1.94. The minimum absolute atomic E-state index is 0.00241. The highest BCUT2D eigenvalue weighted by atomic mass is 32.1. The lowest BCUT2D eigenvalue weighted by molar-refractivity contribution is -0.0713. The van der Waals surface area contributed by atoms with Gasteiger partial charge in [0.15, 0.2) is 0 Å². The summed E-state index contributed by atoms with van der Waals surface area (Å²) in [5.41, 5.74) is 1.82. The van der Waals surface area contributed by atoms with Crippen LogP contribution in [0, 0.1) is 5.92 Å². The first-order chi connectivity index (χ1) is 8.81. The first-order valence-corrected chi connectivity index (χ1v) is 7.86. The Morgan fingerprint density at radius 2 is 2.22 bits per heavy atom. The standard InChI is InChI=1S/C14H23NO2S/c1-2-17-14(11-6-4-3-5-7-11)13(16)8-12-9-15-10-18-12/h9-11,13-14,16H,2-8H2,1H3. The van der Waals surface area contributed by atoms with Gasteiger partial charge in [-0.25, -0.2) is 0 Å². The van der Waals surface area contributed by atoms with Crippen molar-refractivity contribution in [2.45, 2.75) is 57.7 Å². The number of aromatic nitrogens is 1. The van der Waals surface area contributed by atoms with E-state index in [4.69, 9.17) is 4.74 Å². The van der Waals surface area contributed by atoms with Crippen LogP contribution >= 0.6 is 11.3 Å². The van der Waals surface area contributed by atoms with Crippen LogP contribution in [0.1, 0.15) is 43.9 Å². The molecule has 0 bridgehead atoms. The van der Waals surface area contributed by atoms with E-state index >= 15 is 0 Å². The Labute approximate surface area is 113 Å². The number of nitrogens with zero attached hydrogens (tertiary/aromatic N) is 1. The highest BCUT2D eigenvalue weighted by Crippen LogP contribution is 2.30. The molecule has 1 aliphatic carbocycles. The molecule has 0 aromatic carbocycles. The lowest BCUT2D eigenvalue weighted by Gasteiger charge is -2.33. The lowest BCUT2D eigenvalue weighted by atomic mass is 9.82. The third-order valence-electron chi connectivity index (χ3n) is 3.75. The molecule has 2 unspecified atom stereocenters. The molecule has 1 saturated carbocycles. The van der Waals surface area contributed by atoms with Crippen molar-refractivity contribution < 1.29 is 9.84 Å². The minimum atomic E-state index is -0.395. The summed E-state index contributed by atoms with van der Waals surface area (Å²) >= 11 is 1.61. The third kappa shape index (κ3) is 3.77. The van der Waals surface area contributed by atoms with E-state index in [2.05, 4.69) is 4.98 Å². The molecule has 0 amide bonds. The number of hydrogen-bond donors (Lipinski definition) is 1. The van der Waals surface area contributed by atoms with Crippen molar-refractivity contribution >= 4 is 11.3 Å². The molecular weight excluding hydrogens is 246 g/mol. The van der Waals surface area contributed by atoms with Gasteiger partial charge < -0.3 is 9.84 Å². The number of aliphatic hydroxyl groups is 1. The monoisotopic (exact) mass is 269 g/mol. The summed E-state index contributed by atoms with van der Waals surface area (Å²) in [6.07, 6.45) is 8.41. The first-order valence-electron chi connectivity index (χ1n) is 6.98. The number of aliphatic hydroxyl groups excluding tert-OH is 1. The molecule has 4 heteroatoms. The fraction of sp³-hybridized carbons (Fsp3) is 0.786. The van der Waals surface area contributed by atoms with Gasteiger partial charge in [0.25, 0.3) is 0 Å². The number of thiazole rings is 1. The number of rotatable bonds is 6. The summed E-state index contributed by atoms with van der Waals surface area (Å²) in [6.45, 7) is 2.69. The van der Waals surface area contributed by atoms with Crippen molar-refractivity contribution in [1.82, 2.24) is 4.98 Å². The van der Waals surface area contributed by atoms with E-state index in [1.165, 1.54) is 32.1 Å². The quantitative estimate of drug-likeness (QED) is 0.863. The van der Waals surface area contributed by atoms with Crippen LogP contribution in [-0.4, -0.2) is 28.9 Å². The molecule has 2 atom stereocenters. The molecule has 1 heterocycles. The van der Waals surface area contributed by atoms with E-state index in [1.54, 1.807) is 11.3 Å². The average Bonchev–Trinajstić information content (AvgIpc) is 2.89. The fourth-order valence-corrected chi connectivity index (χ4v) is 3.53. The van der Waals surface area contributed by atoms with Crippen molar-refractivity contribution in [3.63, 3.8) is 0 Å². The summed E-state index contributed by atoms with van der Waals surface area (Å²) in [6, 6.07) is 0. The molecule has 0 saturated heterocycles. The number of hydrogen-bond acceptors (Lipinski definition) is 4. The Morgan fingerprint density at radius 3 is 2.83 bits per heavy atom. The molecule has 0 spiro atoms. The van der Waals surface area contributed by atoms with Crippen molar-refractivity contribution in [3.05, 3.63) is 16.6 Å². The summed E-state index contributed by atoms with van der Waals surface area (Å²) in [5.74, 6) is 0.529. The predicted molar refractivity (Wildman–Crippen MR) is 73.8 cm³/mol. The van der Waals surface area contributed by atoms with E-state index in [0.29, 0.717) is 18.9 Å². The Morgan fingerprint density at radius 1 is 1.44 bits per heavy atom. The molecule has 3 nitrogen and oxygen atoms in total. The van der Waals surface area contributed by atoms with Gasteiger partial charge in [-0.3, -0.25) is 4.98 Å². The van der Waals surface area contributed by atoms with Crippen LogP contribution in [0.15, 0.2) is 11.7 Å². The van der Waals surface area contributed by atoms with Crippen molar-refractivity contribution in [2.75, 3.05) is 6.61 Å². The topological polar surface area (TPSA) is 42.4 Å². The summed E-state index contributed by atoms with van der Waals surface area (Å²) < 4.78 is 5.83. The van der Waals surface area contributed by atoms with Gasteiger partial charge in [-0.15, -0.1) is 11.3 Å². The highest BCUT2D eigenvalue weighted by molar-refractivity contribution is 7.09. The van der Waals surface area contributed by atoms with Crippen LogP contribution in [-0.2, 0) is 11.2 Å². The van der Waals surface area contributed by atoms with E-state index in [9.17, 15) is 5.11 Å². The molecule has 102 valence electrons. The second-order valence-electron chi connectivity index (χ2n) is 5.06. The lowest BCUT2D eigenvalue weighted by Crippen LogP contribution is -2.38. The summed E-state index contributed by atoms with van der Waals surface area (Å²) in [5, 5.41) is 10.4. The van der Waals surface area contributed by atoms with Crippen molar-refractivity contribution in [3.8, 4) is 0 Å². The third-order valence-corrected chi connectivity index (χ3v) is 4.55. The molecule has 18 heavy (non-hydrogen) atoms. The molecule has 0 aliphatic heterocycles. The molecular formula is C14H23NO2S. The van der Waals surface area contributed by atoms with E-state index in [1.807, 2.05) is 18.6 Å². The summed E-state index contributed by atoms with van der Waals surface area (Å²) in [4.78, 5) is 5.20. The maximum absolute atomic E-state index is 10.4. The van der Waals surface area contributed by atoms with E-state index < -0.39 is 6.10 Å². The van der Waals surface area contributed by atoms with E-state index in [0.717, 1.165) is 4.88 Å². The fourth-order valence-electron chi connectivity index (χ4n) is 2.88. The van der Waals surface area contributed by atoms with Gasteiger partial charge in [0.05, 0.1) is 17.7 Å². The van der Waals surface area contributed by atoms with Gasteiger partial charge in [-0.2, -0.15) is 0 Å². The summed E-state index contributed by atoms with van der Waals surface area (Å²) in [7, 11) is 0. The van der Waals surface area contributed by atoms with Gasteiger partial charge in [0, 0.05) is 24.1 Å². The number of ether oxygens (including phenoxy) is 1. The highest BCUT2D eigenvalue weighted by Gasteiger charge is 2.30. The van der Waals surface area contributed by atoms with Gasteiger partial charge in [-0.1, -0.05) is 19.3 Å². The normalized spacial score (nSPS) is 20.8. The van der Waals surface area contributed by atoms with Crippen molar-refractivity contribution in [2.24, 2.45) is 5.92 Å². The molecule has 1 aromatic rings. The van der Waals surface area contributed by atoms with Gasteiger partial charge >= 0.3 is 0 Å². The minimum Gasteiger partial charge on any atom is -0.390 e. The maximum atomic E-state index is 10.4. The maximum Gasteiger partial charge on any atom is 0.0865 e. The predicted octanol–water partition coefficient (Wildman–Crippen LogP) is 3.03. The molecule has 1 N–H and O–H groups in total. The average molecular weight is 269 g/mol. The van der Waals surface area contributed by atoms with Gasteiger partial charge in [-0.05, 0) is 25.7 Å². The smallest absolute Gasteiger partial charge is 0.0865 e. The van der Waals surface area contributed by atoms with Crippen LogP contribution in [0.3, 0.4) is 0 Å². The largest absolute Gasteiger partial charge is 0.390 e. The van der Waals surface area contributed by atoms with Crippen LogP contribution < -0.4 is 0 Å². The molecule has 2 rings (SSSR count). The van der Waals surface area contributed by atoms with Crippen LogP contribution in [0.5, 0.6) is 0 Å². The Hall–Kier alpha value is -0.450. The van der Waals surface area contributed by atoms with Crippen LogP contribution in [0.2, 0.25) is 0 Å². The zero-order chi connectivity index (χ0) is 12.8. The Kier molecular flexibility index (Phi) is 5.60. The van der Waals surface area contributed by atoms with Crippen LogP contribution in [0.4, 0.5) is 0 Å². The first kappa shape index (κ1) is 14.0. The Bertz CT molecular complexity index is 323. The zero-order valence-corrected chi connectivity index (χ0v) is 11.9. The van der Waals surface area contributed by atoms with Crippen molar-refractivity contribution in [1.29, 1.82) is 0 Å². The molecule has 1 aromatic heterocycles. The van der Waals surface area contributed by atoms with E-state index in [-0.39, 0.29) is 6.10 Å².